The van der Waals surface area contributed by atoms with Crippen LogP contribution in [0.2, 0.25) is 0 Å². The lowest BCUT2D eigenvalue weighted by Crippen LogP contribution is -2.47. The summed E-state index contributed by atoms with van der Waals surface area (Å²) in [6.07, 6.45) is 0.193. The number of benzene rings is 2. The topological polar surface area (TPSA) is 111 Å². The lowest BCUT2D eigenvalue weighted by Gasteiger charge is -2.23. The minimum atomic E-state index is -0.742. The first-order chi connectivity index (χ1) is 13.9. The summed E-state index contributed by atoms with van der Waals surface area (Å²) in [5, 5.41) is 5.45. The third-order valence-electron chi connectivity index (χ3n) is 4.58. The van der Waals surface area contributed by atoms with Crippen LogP contribution in [0.15, 0.2) is 54.6 Å². The van der Waals surface area contributed by atoms with Crippen molar-refractivity contribution in [3.05, 3.63) is 65.7 Å². The lowest BCUT2D eigenvalue weighted by molar-refractivity contribution is -0.119. The van der Waals surface area contributed by atoms with E-state index in [4.69, 9.17) is 10.5 Å². The summed E-state index contributed by atoms with van der Waals surface area (Å²) in [6, 6.07) is 15.4. The Labute approximate surface area is 170 Å². The average Bonchev–Trinajstić information content (AvgIpc) is 2.71. The fourth-order valence-corrected chi connectivity index (χ4v) is 2.72. The third kappa shape index (κ3) is 7.29. The fraction of sp³-hybridized carbons (Fsp3) is 0.318. The van der Waals surface area contributed by atoms with Crippen molar-refractivity contribution in [2.75, 3.05) is 5.32 Å². The summed E-state index contributed by atoms with van der Waals surface area (Å²) in [7, 11) is 0. The number of nitrogens with two attached hydrogens (primary N) is 1. The Bertz CT molecular complexity index is 822. The molecule has 0 radical (unpaired) electrons. The van der Waals surface area contributed by atoms with Crippen LogP contribution >= 0.6 is 0 Å². The van der Waals surface area contributed by atoms with Crippen LogP contribution in [0.1, 0.15) is 31.4 Å². The van der Waals surface area contributed by atoms with Crippen LogP contribution in [-0.2, 0) is 27.4 Å². The largest absolute Gasteiger partial charge is 0.445 e. The molecule has 0 saturated carbocycles. The zero-order valence-electron chi connectivity index (χ0n) is 16.7. The van der Waals surface area contributed by atoms with Crippen molar-refractivity contribution in [3.8, 4) is 0 Å². The monoisotopic (exact) mass is 397 g/mol. The van der Waals surface area contributed by atoms with Gasteiger partial charge in [-0.05, 0) is 29.2 Å². The Balaban J connectivity index is 1.96. The molecular weight excluding hydrogens is 370 g/mol. The Morgan fingerprint density at radius 1 is 1.00 bits per heavy atom. The predicted octanol–water partition coefficient (Wildman–Crippen LogP) is 2.99. The SMILES string of the molecule is CC[C@H](C)[C@H](NC(=O)OCc1ccccc1)C(=O)Nc1ccc(CC(N)=O)cc1. The van der Waals surface area contributed by atoms with Gasteiger partial charge in [-0.15, -0.1) is 0 Å². The minimum Gasteiger partial charge on any atom is -0.445 e. The van der Waals surface area contributed by atoms with E-state index in [0.29, 0.717) is 12.1 Å². The second-order valence-electron chi connectivity index (χ2n) is 6.90. The molecule has 0 aliphatic carbocycles. The van der Waals surface area contributed by atoms with Crippen LogP contribution in [0.4, 0.5) is 10.5 Å². The number of hydrogen-bond donors (Lipinski definition) is 3. The number of carbonyl (C=O) groups is 3. The van der Waals surface area contributed by atoms with Crippen molar-refractivity contribution in [2.24, 2.45) is 11.7 Å². The van der Waals surface area contributed by atoms with Gasteiger partial charge in [-0.1, -0.05) is 62.7 Å². The number of rotatable bonds is 9. The maximum atomic E-state index is 12.7. The van der Waals surface area contributed by atoms with E-state index in [-0.39, 0.29) is 24.9 Å². The molecule has 29 heavy (non-hydrogen) atoms. The highest BCUT2D eigenvalue weighted by molar-refractivity contribution is 5.96. The molecule has 0 bridgehead atoms. The van der Waals surface area contributed by atoms with Crippen molar-refractivity contribution >= 4 is 23.6 Å². The van der Waals surface area contributed by atoms with Crippen LogP contribution in [0.3, 0.4) is 0 Å². The molecule has 0 unspecified atom stereocenters. The van der Waals surface area contributed by atoms with E-state index in [9.17, 15) is 14.4 Å². The van der Waals surface area contributed by atoms with Crippen LogP contribution in [0.25, 0.3) is 0 Å². The molecule has 0 aliphatic rings. The van der Waals surface area contributed by atoms with Gasteiger partial charge >= 0.3 is 6.09 Å². The Hall–Kier alpha value is -3.35. The van der Waals surface area contributed by atoms with Gasteiger partial charge in [0.15, 0.2) is 0 Å². The number of anilines is 1. The Kier molecular flexibility index (Phi) is 8.21. The van der Waals surface area contributed by atoms with Gasteiger partial charge in [0, 0.05) is 5.69 Å². The number of carbonyl (C=O) groups excluding carboxylic acids is 3. The van der Waals surface area contributed by atoms with E-state index in [0.717, 1.165) is 11.1 Å². The van der Waals surface area contributed by atoms with Gasteiger partial charge in [0.1, 0.15) is 12.6 Å². The number of ether oxygens (including phenoxy) is 1. The number of amides is 3. The summed E-state index contributed by atoms with van der Waals surface area (Å²) in [5.41, 5.74) is 7.37. The summed E-state index contributed by atoms with van der Waals surface area (Å²) in [5.74, 6) is -0.844. The second kappa shape index (κ2) is 10.8. The van der Waals surface area contributed by atoms with Crippen molar-refractivity contribution in [2.45, 2.75) is 39.3 Å². The molecule has 2 aromatic rings. The van der Waals surface area contributed by atoms with Gasteiger partial charge in [-0.3, -0.25) is 9.59 Å². The number of alkyl carbamates (subject to hydrolysis) is 1. The Morgan fingerprint density at radius 2 is 1.66 bits per heavy atom. The molecule has 0 aromatic heterocycles. The standard InChI is InChI=1S/C22H27N3O4/c1-3-15(2)20(25-22(28)29-14-17-7-5-4-6-8-17)21(27)24-18-11-9-16(10-12-18)13-19(23)26/h4-12,15,20H,3,13-14H2,1-2H3,(H2,23,26)(H,24,27)(H,25,28)/t15-,20-/m0/s1. The molecule has 7 nitrogen and oxygen atoms in total. The first kappa shape index (κ1) is 21.9. The minimum absolute atomic E-state index is 0.0894. The highest BCUT2D eigenvalue weighted by atomic mass is 16.5. The molecule has 0 saturated heterocycles. The van der Waals surface area contributed by atoms with Crippen LogP contribution in [-0.4, -0.2) is 23.9 Å². The van der Waals surface area contributed by atoms with Gasteiger partial charge in [-0.2, -0.15) is 0 Å². The highest BCUT2D eigenvalue weighted by Crippen LogP contribution is 2.14. The smallest absolute Gasteiger partial charge is 0.408 e. The molecule has 0 heterocycles. The second-order valence-corrected chi connectivity index (χ2v) is 6.90. The highest BCUT2D eigenvalue weighted by Gasteiger charge is 2.26. The Morgan fingerprint density at radius 3 is 2.24 bits per heavy atom. The van der Waals surface area contributed by atoms with Crippen LogP contribution < -0.4 is 16.4 Å². The van der Waals surface area contributed by atoms with Gasteiger partial charge in [0.25, 0.3) is 0 Å². The molecule has 2 atom stereocenters. The average molecular weight is 397 g/mol. The van der Waals surface area contributed by atoms with E-state index in [1.54, 1.807) is 24.3 Å². The lowest BCUT2D eigenvalue weighted by atomic mass is 9.98. The maximum Gasteiger partial charge on any atom is 0.408 e. The molecule has 3 amide bonds. The van der Waals surface area contributed by atoms with E-state index >= 15 is 0 Å². The number of nitrogens with one attached hydrogen (secondary N) is 2. The van der Waals surface area contributed by atoms with Crippen molar-refractivity contribution in [3.63, 3.8) is 0 Å². The molecule has 0 spiro atoms. The van der Waals surface area contributed by atoms with Crippen molar-refractivity contribution in [1.82, 2.24) is 5.32 Å². The van der Waals surface area contributed by atoms with Gasteiger partial charge < -0.3 is 21.1 Å². The molecule has 154 valence electrons. The van der Waals surface area contributed by atoms with Gasteiger partial charge in [-0.25, -0.2) is 4.79 Å². The molecule has 2 rings (SSSR count). The normalized spacial score (nSPS) is 12.5. The fourth-order valence-electron chi connectivity index (χ4n) is 2.72. The van der Waals surface area contributed by atoms with Gasteiger partial charge in [0.2, 0.25) is 11.8 Å². The molecule has 4 N–H and O–H groups in total. The molecule has 7 heteroatoms. The number of primary amides is 1. The van der Waals surface area contributed by atoms with E-state index in [1.165, 1.54) is 0 Å². The van der Waals surface area contributed by atoms with Crippen molar-refractivity contribution in [1.29, 1.82) is 0 Å². The van der Waals surface area contributed by atoms with E-state index in [1.807, 2.05) is 44.2 Å². The van der Waals surface area contributed by atoms with Crippen LogP contribution in [0, 0.1) is 5.92 Å². The summed E-state index contributed by atoms with van der Waals surface area (Å²) in [4.78, 5) is 35.9. The van der Waals surface area contributed by atoms with E-state index in [2.05, 4.69) is 10.6 Å². The molecule has 2 aromatic carbocycles. The molecular formula is C22H27N3O4. The molecule has 0 aliphatic heterocycles. The third-order valence-corrected chi connectivity index (χ3v) is 4.58. The number of hydrogen-bond acceptors (Lipinski definition) is 4. The first-order valence-electron chi connectivity index (χ1n) is 9.54. The van der Waals surface area contributed by atoms with Crippen molar-refractivity contribution < 1.29 is 19.1 Å². The zero-order chi connectivity index (χ0) is 21.2. The maximum absolute atomic E-state index is 12.7. The molecule has 0 fully saturated rings. The summed E-state index contributed by atoms with van der Waals surface area (Å²) in [6.45, 7) is 3.96. The quantitative estimate of drug-likeness (QED) is 0.604. The summed E-state index contributed by atoms with van der Waals surface area (Å²) >= 11 is 0. The predicted molar refractivity (Wildman–Crippen MR) is 111 cm³/mol. The van der Waals surface area contributed by atoms with E-state index < -0.39 is 18.0 Å². The zero-order valence-corrected chi connectivity index (χ0v) is 16.7. The van der Waals surface area contributed by atoms with Crippen LogP contribution in [0.5, 0.6) is 0 Å². The first-order valence-corrected chi connectivity index (χ1v) is 9.54. The van der Waals surface area contributed by atoms with Gasteiger partial charge in [0.05, 0.1) is 6.42 Å². The summed E-state index contributed by atoms with van der Waals surface area (Å²) < 4.78 is 5.23.